The minimum absolute atomic E-state index is 0.0599. The standard InChI is InChI=1S/C20H18N6O3S/c1-20(2)12-8-14-15(9-13(12)24-19(20)27)23-18(22-14)17-16(10-21-25-17)26-30(28,29)11-6-4-3-5-7-11/h3-10,26H,1-2H3,(H,21,25)(H,22,23)(H,24,27). The Bertz CT molecular complexity index is 1400. The van der Waals surface area contributed by atoms with E-state index in [-0.39, 0.29) is 16.5 Å². The molecule has 2 aromatic carbocycles. The maximum atomic E-state index is 12.7. The molecule has 0 spiro atoms. The van der Waals surface area contributed by atoms with Gasteiger partial charge in [0.2, 0.25) is 5.91 Å². The fourth-order valence-electron chi connectivity index (χ4n) is 3.54. The lowest BCUT2D eigenvalue weighted by molar-refractivity contribution is -0.119. The van der Waals surface area contributed by atoms with Crippen LogP contribution in [0.2, 0.25) is 0 Å². The van der Waals surface area contributed by atoms with Gasteiger partial charge in [0.1, 0.15) is 0 Å². The quantitative estimate of drug-likeness (QED) is 0.401. The number of carbonyl (C=O) groups excluding carboxylic acids is 1. The lowest BCUT2D eigenvalue weighted by atomic mass is 9.86. The molecule has 9 nitrogen and oxygen atoms in total. The summed E-state index contributed by atoms with van der Waals surface area (Å²) in [6.07, 6.45) is 1.46. The second-order valence-electron chi connectivity index (χ2n) is 7.65. The zero-order chi connectivity index (χ0) is 21.1. The van der Waals surface area contributed by atoms with Crippen molar-refractivity contribution in [2.45, 2.75) is 24.2 Å². The molecule has 1 aliphatic rings. The molecule has 1 aliphatic heterocycles. The Labute approximate surface area is 172 Å². The molecule has 0 saturated carbocycles. The summed E-state index contributed by atoms with van der Waals surface area (Å²) in [5.41, 5.74) is 2.95. The number of sulfonamides is 1. The number of anilines is 2. The van der Waals surface area contributed by atoms with Gasteiger partial charge in [0.15, 0.2) is 11.5 Å². The van der Waals surface area contributed by atoms with Gasteiger partial charge in [0.05, 0.1) is 27.0 Å². The number of hydrogen-bond acceptors (Lipinski definition) is 5. The van der Waals surface area contributed by atoms with E-state index in [0.29, 0.717) is 17.0 Å². The molecule has 0 saturated heterocycles. The molecule has 0 bridgehead atoms. The molecule has 0 fully saturated rings. The van der Waals surface area contributed by atoms with Crippen LogP contribution in [0.1, 0.15) is 19.4 Å². The van der Waals surface area contributed by atoms with Crippen molar-refractivity contribution in [1.29, 1.82) is 0 Å². The number of nitrogens with one attached hydrogen (secondary N) is 4. The number of aromatic nitrogens is 4. The summed E-state index contributed by atoms with van der Waals surface area (Å²) < 4.78 is 27.9. The minimum Gasteiger partial charge on any atom is -0.337 e. The zero-order valence-electron chi connectivity index (χ0n) is 16.1. The molecule has 4 N–H and O–H groups in total. The van der Waals surface area contributed by atoms with Crippen molar-refractivity contribution in [2.24, 2.45) is 0 Å². The summed E-state index contributed by atoms with van der Waals surface area (Å²) in [7, 11) is -3.77. The Hall–Kier alpha value is -3.66. The first-order valence-electron chi connectivity index (χ1n) is 9.23. The van der Waals surface area contributed by atoms with E-state index in [1.807, 2.05) is 19.9 Å². The monoisotopic (exact) mass is 422 g/mol. The Morgan fingerprint density at radius 2 is 1.87 bits per heavy atom. The van der Waals surface area contributed by atoms with Gasteiger partial charge in [-0.1, -0.05) is 18.2 Å². The topological polar surface area (TPSA) is 133 Å². The number of amides is 1. The minimum atomic E-state index is -3.77. The molecular formula is C20H18N6O3S. The molecule has 0 unspecified atom stereocenters. The number of imidazole rings is 1. The van der Waals surface area contributed by atoms with Gasteiger partial charge >= 0.3 is 0 Å². The molecule has 5 rings (SSSR count). The van der Waals surface area contributed by atoms with Crippen LogP contribution in [0, 0.1) is 0 Å². The Kier molecular flexibility index (Phi) is 3.78. The number of H-pyrrole nitrogens is 2. The number of rotatable bonds is 4. The van der Waals surface area contributed by atoms with Crippen LogP contribution in [0.25, 0.3) is 22.6 Å². The molecule has 4 aromatic rings. The molecule has 0 aliphatic carbocycles. The summed E-state index contributed by atoms with van der Waals surface area (Å²) in [4.78, 5) is 20.1. The van der Waals surface area contributed by atoms with Crippen LogP contribution >= 0.6 is 0 Å². The smallest absolute Gasteiger partial charge is 0.262 e. The van der Waals surface area contributed by atoms with Gasteiger partial charge in [-0.3, -0.25) is 14.6 Å². The number of benzene rings is 2. The third kappa shape index (κ3) is 2.76. The predicted octanol–water partition coefficient (Wildman–Crippen LogP) is 2.98. The van der Waals surface area contributed by atoms with E-state index in [1.165, 1.54) is 18.3 Å². The van der Waals surface area contributed by atoms with Gasteiger partial charge in [0.25, 0.3) is 10.0 Å². The predicted molar refractivity (Wildman–Crippen MR) is 113 cm³/mol. The Balaban J connectivity index is 1.54. The van der Waals surface area contributed by atoms with Crippen LogP contribution < -0.4 is 10.0 Å². The zero-order valence-corrected chi connectivity index (χ0v) is 17.0. The highest BCUT2D eigenvalue weighted by Crippen LogP contribution is 2.40. The highest BCUT2D eigenvalue weighted by Gasteiger charge is 2.38. The molecule has 152 valence electrons. The normalized spacial score (nSPS) is 15.2. The van der Waals surface area contributed by atoms with Crippen molar-refractivity contribution in [1.82, 2.24) is 20.2 Å². The third-order valence-corrected chi connectivity index (χ3v) is 6.65. The first-order chi connectivity index (χ1) is 14.3. The van der Waals surface area contributed by atoms with Crippen molar-refractivity contribution in [3.05, 3.63) is 54.2 Å². The van der Waals surface area contributed by atoms with E-state index < -0.39 is 15.4 Å². The average molecular weight is 422 g/mol. The molecular weight excluding hydrogens is 404 g/mol. The fourth-order valence-corrected chi connectivity index (χ4v) is 4.62. The van der Waals surface area contributed by atoms with Gasteiger partial charge in [-0.15, -0.1) is 0 Å². The number of carbonyl (C=O) groups is 1. The van der Waals surface area contributed by atoms with Gasteiger partial charge in [-0.2, -0.15) is 5.10 Å². The van der Waals surface area contributed by atoms with Crippen LogP contribution in [0.15, 0.2) is 53.6 Å². The lowest BCUT2D eigenvalue weighted by Gasteiger charge is -2.14. The summed E-state index contributed by atoms with van der Waals surface area (Å²) in [6, 6.07) is 11.8. The molecule has 1 amide bonds. The molecule has 2 aromatic heterocycles. The molecule has 3 heterocycles. The number of hydrogen-bond donors (Lipinski definition) is 4. The fraction of sp³-hybridized carbons (Fsp3) is 0.150. The van der Waals surface area contributed by atoms with E-state index >= 15 is 0 Å². The van der Waals surface area contributed by atoms with Gasteiger partial charge in [-0.05, 0) is 43.7 Å². The van der Waals surface area contributed by atoms with Crippen LogP contribution in [-0.4, -0.2) is 34.5 Å². The number of fused-ring (bicyclic) bond motifs is 2. The van der Waals surface area contributed by atoms with Gasteiger partial charge in [-0.25, -0.2) is 13.4 Å². The number of nitrogens with zero attached hydrogens (tertiary/aromatic N) is 2. The van der Waals surface area contributed by atoms with Crippen LogP contribution in [0.3, 0.4) is 0 Å². The van der Waals surface area contributed by atoms with Crippen LogP contribution in [0.5, 0.6) is 0 Å². The van der Waals surface area contributed by atoms with E-state index in [9.17, 15) is 13.2 Å². The van der Waals surface area contributed by atoms with Crippen molar-refractivity contribution < 1.29 is 13.2 Å². The van der Waals surface area contributed by atoms with Crippen molar-refractivity contribution in [3.63, 3.8) is 0 Å². The van der Waals surface area contributed by atoms with E-state index in [4.69, 9.17) is 0 Å². The maximum Gasteiger partial charge on any atom is 0.262 e. The maximum absolute atomic E-state index is 12.7. The first-order valence-corrected chi connectivity index (χ1v) is 10.7. The highest BCUT2D eigenvalue weighted by molar-refractivity contribution is 7.92. The molecule has 30 heavy (non-hydrogen) atoms. The SMILES string of the molecule is CC1(C)C(=O)Nc2cc3nc(-c4n[nH]cc4NS(=O)(=O)c4ccccc4)[nH]c3cc21. The first kappa shape index (κ1) is 18.4. The van der Waals surface area contributed by atoms with Crippen LogP contribution in [-0.2, 0) is 20.2 Å². The van der Waals surface area contributed by atoms with E-state index in [1.54, 1.807) is 24.3 Å². The molecule has 0 atom stereocenters. The summed E-state index contributed by atoms with van der Waals surface area (Å²) in [6.45, 7) is 3.73. The van der Waals surface area contributed by atoms with Crippen molar-refractivity contribution in [2.75, 3.05) is 10.0 Å². The average Bonchev–Trinajstić information content (AvgIpc) is 3.38. The van der Waals surface area contributed by atoms with Crippen LogP contribution in [0.4, 0.5) is 11.4 Å². The highest BCUT2D eigenvalue weighted by atomic mass is 32.2. The molecule has 0 radical (unpaired) electrons. The van der Waals surface area contributed by atoms with E-state index in [2.05, 4.69) is 30.2 Å². The Morgan fingerprint density at radius 3 is 2.63 bits per heavy atom. The summed E-state index contributed by atoms with van der Waals surface area (Å²) in [5.74, 6) is 0.347. The summed E-state index contributed by atoms with van der Waals surface area (Å²) in [5, 5.41) is 9.73. The van der Waals surface area contributed by atoms with Gasteiger partial charge in [0, 0.05) is 11.9 Å². The summed E-state index contributed by atoms with van der Waals surface area (Å²) >= 11 is 0. The second-order valence-corrected chi connectivity index (χ2v) is 9.33. The van der Waals surface area contributed by atoms with Crippen molar-refractivity contribution in [3.8, 4) is 11.5 Å². The second kappa shape index (κ2) is 6.17. The van der Waals surface area contributed by atoms with Gasteiger partial charge < -0.3 is 10.3 Å². The van der Waals surface area contributed by atoms with Crippen molar-refractivity contribution >= 4 is 38.3 Å². The largest absolute Gasteiger partial charge is 0.337 e. The number of aromatic amines is 2. The molecule has 10 heteroatoms. The third-order valence-electron chi connectivity index (χ3n) is 5.27. The Morgan fingerprint density at radius 1 is 1.10 bits per heavy atom. The van der Waals surface area contributed by atoms with E-state index in [0.717, 1.165) is 16.8 Å². The lowest BCUT2D eigenvalue weighted by Crippen LogP contribution is -2.26.